The standard InChI is InChI=1S/C14H24N2O5S2/c1-3-5-10-22(17,18)16-8-9-21-14-7-6-13(23(15,19)20)11-12(14)4-2/h6-7,11,16H,3-5,8-10H2,1-2H3,(H2,15,19,20). The number of sulfonamides is 2. The topological polar surface area (TPSA) is 116 Å². The molecule has 0 fully saturated rings. The van der Waals surface area contributed by atoms with Gasteiger partial charge in [-0.1, -0.05) is 20.3 Å². The van der Waals surface area contributed by atoms with E-state index in [2.05, 4.69) is 4.72 Å². The van der Waals surface area contributed by atoms with Crippen LogP contribution in [0.5, 0.6) is 5.75 Å². The molecule has 0 aromatic heterocycles. The third-order valence-corrected chi connectivity index (χ3v) is 5.57. The molecule has 23 heavy (non-hydrogen) atoms. The maximum Gasteiger partial charge on any atom is 0.238 e. The van der Waals surface area contributed by atoms with Crippen LogP contribution in [-0.4, -0.2) is 35.7 Å². The molecule has 9 heteroatoms. The first kappa shape index (κ1) is 19.9. The van der Waals surface area contributed by atoms with E-state index < -0.39 is 20.0 Å². The SMILES string of the molecule is CCCCS(=O)(=O)NCCOc1ccc(S(N)(=O)=O)cc1CC. The lowest BCUT2D eigenvalue weighted by atomic mass is 10.1. The van der Waals surface area contributed by atoms with Crippen molar-refractivity contribution in [3.63, 3.8) is 0 Å². The van der Waals surface area contributed by atoms with Crippen molar-refractivity contribution in [2.24, 2.45) is 5.14 Å². The summed E-state index contributed by atoms with van der Waals surface area (Å²) in [4.78, 5) is 0.0296. The average Bonchev–Trinajstić information content (AvgIpc) is 2.48. The van der Waals surface area contributed by atoms with E-state index in [1.165, 1.54) is 18.2 Å². The van der Waals surface area contributed by atoms with E-state index in [-0.39, 0.29) is 23.8 Å². The van der Waals surface area contributed by atoms with Crippen LogP contribution in [0.3, 0.4) is 0 Å². The molecule has 0 aliphatic carbocycles. The van der Waals surface area contributed by atoms with E-state index in [1.54, 1.807) is 0 Å². The second-order valence-electron chi connectivity index (χ2n) is 5.08. The molecule has 0 radical (unpaired) electrons. The summed E-state index contributed by atoms with van der Waals surface area (Å²) in [5, 5.41) is 5.09. The van der Waals surface area contributed by atoms with Crippen LogP contribution in [-0.2, 0) is 26.5 Å². The fourth-order valence-electron chi connectivity index (χ4n) is 1.91. The second-order valence-corrected chi connectivity index (χ2v) is 8.57. The highest BCUT2D eigenvalue weighted by Crippen LogP contribution is 2.22. The summed E-state index contributed by atoms with van der Waals surface area (Å²) in [6.07, 6.45) is 2.00. The third-order valence-electron chi connectivity index (χ3n) is 3.19. The molecule has 1 rings (SSSR count). The van der Waals surface area contributed by atoms with E-state index in [9.17, 15) is 16.8 Å². The smallest absolute Gasteiger partial charge is 0.238 e. The number of unbranched alkanes of at least 4 members (excludes halogenated alkanes) is 1. The fourth-order valence-corrected chi connectivity index (χ4v) is 3.69. The maximum absolute atomic E-state index is 11.6. The highest BCUT2D eigenvalue weighted by atomic mass is 32.2. The summed E-state index contributed by atoms with van der Waals surface area (Å²) in [5.74, 6) is 0.625. The number of hydrogen-bond donors (Lipinski definition) is 2. The average molecular weight is 364 g/mol. The molecule has 0 amide bonds. The van der Waals surface area contributed by atoms with Crippen molar-refractivity contribution < 1.29 is 21.6 Å². The second kappa shape index (κ2) is 8.62. The highest BCUT2D eigenvalue weighted by molar-refractivity contribution is 7.89. The van der Waals surface area contributed by atoms with Crippen molar-refractivity contribution in [1.29, 1.82) is 0 Å². The molecule has 0 saturated heterocycles. The molecule has 0 atom stereocenters. The number of primary sulfonamides is 1. The molecular weight excluding hydrogens is 340 g/mol. The highest BCUT2D eigenvalue weighted by Gasteiger charge is 2.12. The first-order valence-corrected chi connectivity index (χ1v) is 10.7. The van der Waals surface area contributed by atoms with E-state index in [0.717, 1.165) is 6.42 Å². The lowest BCUT2D eigenvalue weighted by molar-refractivity contribution is 0.319. The van der Waals surface area contributed by atoms with Gasteiger partial charge >= 0.3 is 0 Å². The molecule has 1 aromatic carbocycles. The minimum absolute atomic E-state index is 0.0296. The molecule has 1 aromatic rings. The molecule has 0 aliphatic heterocycles. The Morgan fingerprint density at radius 1 is 1.17 bits per heavy atom. The lowest BCUT2D eigenvalue weighted by Crippen LogP contribution is -2.30. The minimum atomic E-state index is -3.75. The van der Waals surface area contributed by atoms with Crippen molar-refractivity contribution in [3.8, 4) is 5.75 Å². The van der Waals surface area contributed by atoms with Gasteiger partial charge in [0.15, 0.2) is 0 Å². The van der Waals surface area contributed by atoms with Gasteiger partial charge in [-0.3, -0.25) is 0 Å². The molecule has 0 saturated carbocycles. The zero-order valence-corrected chi connectivity index (χ0v) is 15.0. The number of aryl methyl sites for hydroxylation is 1. The van der Waals surface area contributed by atoms with Gasteiger partial charge < -0.3 is 4.74 Å². The Kier molecular flexibility index (Phi) is 7.46. The summed E-state index contributed by atoms with van der Waals surface area (Å²) in [6, 6.07) is 4.37. The Morgan fingerprint density at radius 3 is 2.43 bits per heavy atom. The van der Waals surface area contributed by atoms with Gasteiger partial charge in [0.2, 0.25) is 20.0 Å². The first-order valence-electron chi connectivity index (χ1n) is 7.45. The summed E-state index contributed by atoms with van der Waals surface area (Å²) in [6.45, 7) is 4.11. The Hall–Kier alpha value is -1.16. The van der Waals surface area contributed by atoms with Crippen LogP contribution in [0.1, 0.15) is 32.3 Å². The van der Waals surface area contributed by atoms with Crippen LogP contribution in [0.25, 0.3) is 0 Å². The first-order chi connectivity index (χ1) is 10.7. The molecule has 0 heterocycles. The van der Waals surface area contributed by atoms with Gasteiger partial charge in [0.05, 0.1) is 10.6 Å². The number of rotatable bonds is 10. The van der Waals surface area contributed by atoms with Crippen LogP contribution in [0.2, 0.25) is 0 Å². The van der Waals surface area contributed by atoms with Crippen molar-refractivity contribution in [1.82, 2.24) is 4.72 Å². The monoisotopic (exact) mass is 364 g/mol. The summed E-state index contributed by atoms with van der Waals surface area (Å²) >= 11 is 0. The predicted octanol–water partition coefficient (Wildman–Crippen LogP) is 0.995. The zero-order chi connectivity index (χ0) is 17.5. The predicted molar refractivity (Wildman–Crippen MR) is 89.4 cm³/mol. The number of ether oxygens (including phenoxy) is 1. The van der Waals surface area contributed by atoms with E-state index in [4.69, 9.17) is 9.88 Å². The largest absolute Gasteiger partial charge is 0.492 e. The number of benzene rings is 1. The minimum Gasteiger partial charge on any atom is -0.492 e. The molecule has 0 bridgehead atoms. The number of nitrogens with two attached hydrogens (primary N) is 1. The molecule has 132 valence electrons. The van der Waals surface area contributed by atoms with Gasteiger partial charge in [-0.2, -0.15) is 0 Å². The molecular formula is C14H24N2O5S2. The fraction of sp³-hybridized carbons (Fsp3) is 0.571. The maximum atomic E-state index is 11.6. The van der Waals surface area contributed by atoms with Gasteiger partial charge in [0, 0.05) is 6.54 Å². The van der Waals surface area contributed by atoms with E-state index in [1.807, 2.05) is 13.8 Å². The third kappa shape index (κ3) is 6.86. The Morgan fingerprint density at radius 2 is 1.87 bits per heavy atom. The molecule has 7 nitrogen and oxygen atoms in total. The Bertz CT molecular complexity index is 715. The number of hydrogen-bond acceptors (Lipinski definition) is 5. The van der Waals surface area contributed by atoms with E-state index >= 15 is 0 Å². The van der Waals surface area contributed by atoms with Gasteiger partial charge in [0.1, 0.15) is 12.4 Å². The Labute approximate surface area is 138 Å². The van der Waals surface area contributed by atoms with E-state index in [0.29, 0.717) is 24.2 Å². The Balaban J connectivity index is 2.62. The van der Waals surface area contributed by atoms with Crippen LogP contribution in [0, 0.1) is 0 Å². The molecule has 0 aliphatic rings. The van der Waals surface area contributed by atoms with Gasteiger partial charge in [-0.25, -0.2) is 26.7 Å². The zero-order valence-electron chi connectivity index (χ0n) is 13.4. The van der Waals surface area contributed by atoms with Crippen LogP contribution in [0.15, 0.2) is 23.1 Å². The normalized spacial score (nSPS) is 12.3. The van der Waals surface area contributed by atoms with Crippen molar-refractivity contribution >= 4 is 20.0 Å². The van der Waals surface area contributed by atoms with Gasteiger partial charge in [0.25, 0.3) is 0 Å². The molecule has 0 spiro atoms. The van der Waals surface area contributed by atoms with Crippen molar-refractivity contribution in [2.45, 2.75) is 38.0 Å². The molecule has 3 N–H and O–H groups in total. The molecule has 0 unspecified atom stereocenters. The van der Waals surface area contributed by atoms with Crippen LogP contribution in [0.4, 0.5) is 0 Å². The van der Waals surface area contributed by atoms with Crippen LogP contribution < -0.4 is 14.6 Å². The quantitative estimate of drug-likeness (QED) is 0.601. The van der Waals surface area contributed by atoms with Crippen molar-refractivity contribution in [2.75, 3.05) is 18.9 Å². The number of nitrogens with one attached hydrogen (secondary N) is 1. The van der Waals surface area contributed by atoms with Gasteiger partial charge in [-0.15, -0.1) is 0 Å². The summed E-state index contributed by atoms with van der Waals surface area (Å²) < 4.78 is 53.9. The van der Waals surface area contributed by atoms with Gasteiger partial charge in [-0.05, 0) is 36.6 Å². The summed E-state index contributed by atoms with van der Waals surface area (Å²) in [7, 11) is -7.02. The van der Waals surface area contributed by atoms with Crippen molar-refractivity contribution in [3.05, 3.63) is 23.8 Å². The summed E-state index contributed by atoms with van der Waals surface area (Å²) in [5.41, 5.74) is 0.699. The lowest BCUT2D eigenvalue weighted by Gasteiger charge is -2.12. The van der Waals surface area contributed by atoms with Crippen LogP contribution >= 0.6 is 0 Å².